The highest BCUT2D eigenvalue weighted by Gasteiger charge is 2.13. The summed E-state index contributed by atoms with van der Waals surface area (Å²) in [6, 6.07) is 2.35. The molecular weight excluding hydrogens is 229 g/mol. The first-order valence-electron chi connectivity index (χ1n) is 5.30. The second-order valence-corrected chi connectivity index (χ2v) is 3.91. The first-order chi connectivity index (χ1) is 7.06. The van der Waals surface area contributed by atoms with Crippen molar-refractivity contribution in [3.63, 3.8) is 0 Å². The minimum absolute atomic E-state index is 0. The van der Waals surface area contributed by atoms with Crippen molar-refractivity contribution >= 4 is 12.4 Å². The zero-order valence-corrected chi connectivity index (χ0v) is 10.5. The van der Waals surface area contributed by atoms with E-state index in [9.17, 15) is 9.50 Å². The molecule has 1 aromatic rings. The van der Waals surface area contributed by atoms with E-state index in [-0.39, 0.29) is 30.0 Å². The zero-order valence-electron chi connectivity index (χ0n) is 9.66. The molecule has 0 aliphatic rings. The average Bonchev–Trinajstić information content (AvgIpc) is 2.19. The topological polar surface area (TPSA) is 46.2 Å². The normalized spacial score (nSPS) is 12.0. The maximum Gasteiger partial charge on any atom is 0.124 e. The van der Waals surface area contributed by atoms with Gasteiger partial charge in [0.15, 0.2) is 0 Å². The molecule has 0 bridgehead atoms. The predicted octanol–water partition coefficient (Wildman–Crippen LogP) is 3.45. The Morgan fingerprint density at radius 1 is 1.44 bits per heavy atom. The summed E-state index contributed by atoms with van der Waals surface area (Å²) in [5, 5.41) is 9.75. The second kappa shape index (κ2) is 6.71. The Kier molecular flexibility index (Phi) is 6.38. The summed E-state index contributed by atoms with van der Waals surface area (Å²) in [5.74, 6) is -0.216. The van der Waals surface area contributed by atoms with E-state index in [4.69, 9.17) is 5.73 Å². The van der Waals surface area contributed by atoms with Crippen LogP contribution in [0.1, 0.15) is 43.4 Å². The van der Waals surface area contributed by atoms with Gasteiger partial charge in [0, 0.05) is 11.6 Å². The lowest BCUT2D eigenvalue weighted by Gasteiger charge is -2.14. The van der Waals surface area contributed by atoms with Crippen molar-refractivity contribution in [2.45, 2.75) is 39.2 Å². The number of hydrogen-bond acceptors (Lipinski definition) is 2. The lowest BCUT2D eigenvalue weighted by molar-refractivity contribution is 0.449. The highest BCUT2D eigenvalue weighted by molar-refractivity contribution is 5.85. The van der Waals surface area contributed by atoms with E-state index >= 15 is 0 Å². The third-order valence-corrected chi connectivity index (χ3v) is 2.56. The van der Waals surface area contributed by atoms with Gasteiger partial charge in [-0.1, -0.05) is 19.8 Å². The summed E-state index contributed by atoms with van der Waals surface area (Å²) in [5.41, 5.74) is 6.95. The molecule has 0 saturated heterocycles. The van der Waals surface area contributed by atoms with Gasteiger partial charge in [0.1, 0.15) is 11.6 Å². The molecule has 1 rings (SSSR count). The molecule has 0 fully saturated rings. The van der Waals surface area contributed by atoms with Crippen LogP contribution in [0.5, 0.6) is 5.75 Å². The van der Waals surface area contributed by atoms with Gasteiger partial charge in [-0.2, -0.15) is 0 Å². The van der Waals surface area contributed by atoms with E-state index in [1.807, 2.05) is 0 Å². The van der Waals surface area contributed by atoms with Crippen molar-refractivity contribution < 1.29 is 9.50 Å². The molecule has 0 amide bonds. The highest BCUT2D eigenvalue weighted by Crippen LogP contribution is 2.29. The maximum atomic E-state index is 13.1. The molecule has 1 atom stereocenters. The number of phenols is 1. The van der Waals surface area contributed by atoms with Gasteiger partial charge >= 0.3 is 0 Å². The fourth-order valence-electron chi connectivity index (χ4n) is 1.62. The summed E-state index contributed by atoms with van der Waals surface area (Å²) in [7, 11) is 0. The smallest absolute Gasteiger partial charge is 0.124 e. The van der Waals surface area contributed by atoms with Crippen LogP contribution in [0.4, 0.5) is 4.39 Å². The minimum Gasteiger partial charge on any atom is -0.507 e. The summed E-state index contributed by atoms with van der Waals surface area (Å²) in [6.45, 7) is 3.75. The van der Waals surface area contributed by atoms with Crippen LogP contribution in [0, 0.1) is 12.7 Å². The summed E-state index contributed by atoms with van der Waals surface area (Å²) in [4.78, 5) is 0. The van der Waals surface area contributed by atoms with E-state index in [1.165, 1.54) is 12.1 Å². The zero-order chi connectivity index (χ0) is 11.4. The van der Waals surface area contributed by atoms with Gasteiger partial charge < -0.3 is 10.8 Å². The Labute approximate surface area is 102 Å². The third-order valence-electron chi connectivity index (χ3n) is 2.56. The molecule has 0 spiro atoms. The summed E-state index contributed by atoms with van der Waals surface area (Å²) in [6.07, 6.45) is 2.80. The summed E-state index contributed by atoms with van der Waals surface area (Å²) < 4.78 is 13.1. The van der Waals surface area contributed by atoms with Crippen molar-refractivity contribution in [2.75, 3.05) is 0 Å². The van der Waals surface area contributed by atoms with Gasteiger partial charge in [-0.25, -0.2) is 4.39 Å². The predicted molar refractivity (Wildman–Crippen MR) is 66.5 cm³/mol. The molecule has 16 heavy (non-hydrogen) atoms. The molecule has 0 heterocycles. The Morgan fingerprint density at radius 2 is 2.06 bits per heavy atom. The van der Waals surface area contributed by atoms with Gasteiger partial charge in [-0.15, -0.1) is 12.4 Å². The van der Waals surface area contributed by atoms with Crippen LogP contribution in [-0.2, 0) is 0 Å². The third kappa shape index (κ3) is 3.65. The van der Waals surface area contributed by atoms with Crippen LogP contribution in [0.25, 0.3) is 0 Å². The molecule has 3 N–H and O–H groups in total. The van der Waals surface area contributed by atoms with Gasteiger partial charge in [-0.3, -0.25) is 0 Å². The standard InChI is InChI=1S/C12H18FNO.ClH/c1-3-4-5-11(14)10-7-9(13)6-8(2)12(10)15;/h6-7,11,15H,3-5,14H2,1-2H3;1H/t11-;/m0./s1. The van der Waals surface area contributed by atoms with Crippen molar-refractivity contribution in [2.24, 2.45) is 5.73 Å². The number of halogens is 2. The number of phenolic OH excluding ortho intramolecular Hbond substituents is 1. The maximum absolute atomic E-state index is 13.1. The van der Waals surface area contributed by atoms with Gasteiger partial charge in [-0.05, 0) is 31.0 Å². The largest absolute Gasteiger partial charge is 0.507 e. The van der Waals surface area contributed by atoms with Crippen molar-refractivity contribution in [3.05, 3.63) is 29.1 Å². The van der Waals surface area contributed by atoms with E-state index < -0.39 is 0 Å². The number of aromatic hydroxyl groups is 1. The van der Waals surface area contributed by atoms with Crippen molar-refractivity contribution in [3.8, 4) is 5.75 Å². The van der Waals surface area contributed by atoms with Crippen LogP contribution < -0.4 is 5.73 Å². The molecule has 92 valence electrons. The Hall–Kier alpha value is -0.800. The molecule has 0 aromatic heterocycles. The first-order valence-corrected chi connectivity index (χ1v) is 5.30. The van der Waals surface area contributed by atoms with Crippen molar-refractivity contribution in [1.82, 2.24) is 0 Å². The van der Waals surface area contributed by atoms with Crippen molar-refractivity contribution in [1.29, 1.82) is 0 Å². The number of unbranched alkanes of at least 4 members (excludes halogenated alkanes) is 1. The van der Waals surface area contributed by atoms with E-state index in [0.717, 1.165) is 19.3 Å². The molecule has 0 radical (unpaired) electrons. The van der Waals surface area contributed by atoms with Gasteiger partial charge in [0.25, 0.3) is 0 Å². The number of benzene rings is 1. The molecule has 0 aliphatic carbocycles. The Morgan fingerprint density at radius 3 is 2.62 bits per heavy atom. The van der Waals surface area contributed by atoms with E-state index in [1.54, 1.807) is 6.92 Å². The molecule has 0 aliphatic heterocycles. The molecular formula is C12H19ClFNO. The molecule has 0 unspecified atom stereocenters. The van der Waals surface area contributed by atoms with Crippen LogP contribution in [0.2, 0.25) is 0 Å². The fraction of sp³-hybridized carbons (Fsp3) is 0.500. The lowest BCUT2D eigenvalue weighted by atomic mass is 9.99. The van der Waals surface area contributed by atoms with Crippen LogP contribution >= 0.6 is 12.4 Å². The average molecular weight is 248 g/mol. The van der Waals surface area contributed by atoms with Gasteiger partial charge in [0.05, 0.1) is 0 Å². The molecule has 0 saturated carbocycles. The number of aryl methyl sites for hydroxylation is 1. The quantitative estimate of drug-likeness (QED) is 0.856. The van der Waals surface area contributed by atoms with Crippen LogP contribution in [-0.4, -0.2) is 5.11 Å². The SMILES string of the molecule is CCCC[C@H](N)c1cc(F)cc(C)c1O.Cl. The Bertz CT molecular complexity index is 344. The van der Waals surface area contributed by atoms with Crippen LogP contribution in [0.15, 0.2) is 12.1 Å². The molecule has 1 aromatic carbocycles. The minimum atomic E-state index is -0.341. The van der Waals surface area contributed by atoms with Crippen LogP contribution in [0.3, 0.4) is 0 Å². The fourth-order valence-corrected chi connectivity index (χ4v) is 1.62. The van der Waals surface area contributed by atoms with E-state index in [0.29, 0.717) is 11.1 Å². The highest BCUT2D eigenvalue weighted by atomic mass is 35.5. The monoisotopic (exact) mass is 247 g/mol. The molecule has 2 nitrogen and oxygen atoms in total. The number of hydrogen-bond donors (Lipinski definition) is 2. The van der Waals surface area contributed by atoms with Gasteiger partial charge in [0.2, 0.25) is 0 Å². The first kappa shape index (κ1) is 15.2. The summed E-state index contributed by atoms with van der Waals surface area (Å²) >= 11 is 0. The lowest BCUT2D eigenvalue weighted by Crippen LogP contribution is -2.11. The van der Waals surface area contributed by atoms with E-state index in [2.05, 4.69) is 6.92 Å². The second-order valence-electron chi connectivity index (χ2n) is 3.91. The Balaban J connectivity index is 0.00000225. The number of rotatable bonds is 4. The molecule has 4 heteroatoms. The number of nitrogens with two attached hydrogens (primary N) is 1.